The highest BCUT2D eigenvalue weighted by Gasteiger charge is 2.08. The lowest BCUT2D eigenvalue weighted by Gasteiger charge is -2.06. The van der Waals surface area contributed by atoms with E-state index in [2.05, 4.69) is 16.2 Å². The fourth-order valence-corrected chi connectivity index (χ4v) is 1.89. The van der Waals surface area contributed by atoms with Gasteiger partial charge in [0.15, 0.2) is 0 Å². The molecule has 0 bridgehead atoms. The summed E-state index contributed by atoms with van der Waals surface area (Å²) in [5, 5.41) is 13.1. The first-order valence-electron chi connectivity index (χ1n) is 4.29. The van der Waals surface area contributed by atoms with Crippen molar-refractivity contribution < 1.29 is 0 Å². The van der Waals surface area contributed by atoms with Gasteiger partial charge in [0.2, 0.25) is 0 Å². The maximum absolute atomic E-state index is 9.10. The molecular weight excluding hydrogens is 208 g/mol. The normalized spacial score (nSPS) is 9.87. The lowest BCUT2D eigenvalue weighted by Crippen LogP contribution is -1.98. The second-order valence-corrected chi connectivity index (χ2v) is 3.65. The molecule has 0 N–H and O–H groups in total. The lowest BCUT2D eigenvalue weighted by atomic mass is 10.2. The summed E-state index contributed by atoms with van der Waals surface area (Å²) in [7, 11) is 0. The second kappa shape index (κ2) is 4.15. The minimum absolute atomic E-state index is 0.635. The molecule has 0 spiro atoms. The second-order valence-electron chi connectivity index (χ2n) is 2.81. The van der Waals surface area contributed by atoms with Gasteiger partial charge in [-0.25, -0.2) is 9.67 Å². The summed E-state index contributed by atoms with van der Waals surface area (Å²) >= 11 is 1.55. The molecule has 0 amide bonds. The third-order valence-corrected chi connectivity index (χ3v) is 2.78. The topological polar surface area (TPSA) is 54.5 Å². The van der Waals surface area contributed by atoms with Crippen molar-refractivity contribution in [3.05, 3.63) is 36.4 Å². The first kappa shape index (κ1) is 9.74. The Labute approximate surface area is 91.6 Å². The van der Waals surface area contributed by atoms with Crippen LogP contribution in [0.25, 0.3) is 5.69 Å². The number of thioether (sulfide) groups is 1. The van der Waals surface area contributed by atoms with E-state index in [0.29, 0.717) is 5.56 Å². The number of hydrogen-bond donors (Lipinski definition) is 0. The molecule has 15 heavy (non-hydrogen) atoms. The highest BCUT2D eigenvalue weighted by atomic mass is 32.2. The number of nitrogens with zero attached hydrogens (tertiary/aromatic N) is 4. The molecule has 0 aliphatic carbocycles. The van der Waals surface area contributed by atoms with Gasteiger partial charge in [-0.2, -0.15) is 10.4 Å². The molecule has 0 atom stereocenters. The van der Waals surface area contributed by atoms with Crippen molar-refractivity contribution in [3.8, 4) is 11.8 Å². The van der Waals surface area contributed by atoms with E-state index in [-0.39, 0.29) is 0 Å². The summed E-state index contributed by atoms with van der Waals surface area (Å²) in [5.41, 5.74) is 1.40. The molecule has 0 aliphatic rings. The molecule has 1 aromatic carbocycles. The molecule has 0 radical (unpaired) electrons. The van der Waals surface area contributed by atoms with E-state index in [1.54, 1.807) is 22.8 Å². The molecule has 0 aliphatic heterocycles. The third-order valence-electron chi connectivity index (χ3n) is 2.00. The number of aromatic nitrogens is 3. The fourth-order valence-electron chi connectivity index (χ4n) is 1.33. The smallest absolute Gasteiger partial charge is 0.138 e. The molecule has 0 saturated heterocycles. The van der Waals surface area contributed by atoms with Gasteiger partial charge in [0, 0.05) is 4.90 Å². The van der Waals surface area contributed by atoms with Gasteiger partial charge >= 0.3 is 0 Å². The standard InChI is InChI=1S/C10H8N4S/c1-15-10-4-2-3-9(8(10)5-11)14-7-12-6-13-14/h2-4,6-7H,1H3. The Hall–Kier alpha value is -1.80. The number of benzene rings is 1. The van der Waals surface area contributed by atoms with E-state index in [9.17, 15) is 0 Å². The van der Waals surface area contributed by atoms with Crippen LogP contribution in [0, 0.1) is 11.3 Å². The third kappa shape index (κ3) is 1.72. The van der Waals surface area contributed by atoms with Gasteiger partial charge in [0.1, 0.15) is 18.7 Å². The average Bonchev–Trinajstić information content (AvgIpc) is 2.81. The van der Waals surface area contributed by atoms with Crippen molar-refractivity contribution in [2.45, 2.75) is 4.90 Å². The maximum Gasteiger partial charge on any atom is 0.138 e. The Morgan fingerprint density at radius 1 is 1.47 bits per heavy atom. The van der Waals surface area contributed by atoms with Gasteiger partial charge < -0.3 is 0 Å². The van der Waals surface area contributed by atoms with Crippen molar-refractivity contribution in [1.29, 1.82) is 5.26 Å². The molecule has 1 heterocycles. The minimum atomic E-state index is 0.635. The Morgan fingerprint density at radius 3 is 2.93 bits per heavy atom. The zero-order valence-corrected chi connectivity index (χ0v) is 8.90. The minimum Gasteiger partial charge on any atom is -0.223 e. The van der Waals surface area contributed by atoms with Crippen LogP contribution in [-0.2, 0) is 0 Å². The summed E-state index contributed by atoms with van der Waals surface area (Å²) in [6.45, 7) is 0. The molecule has 4 nitrogen and oxygen atoms in total. The number of nitriles is 1. The summed E-state index contributed by atoms with van der Waals surface area (Å²) in [6.07, 6.45) is 4.98. The molecule has 2 aromatic rings. The monoisotopic (exact) mass is 216 g/mol. The van der Waals surface area contributed by atoms with Crippen LogP contribution >= 0.6 is 11.8 Å². The van der Waals surface area contributed by atoms with Gasteiger partial charge in [-0.05, 0) is 18.4 Å². The van der Waals surface area contributed by atoms with Crippen LogP contribution in [0.1, 0.15) is 5.56 Å². The van der Waals surface area contributed by atoms with Crippen molar-refractivity contribution in [2.75, 3.05) is 6.26 Å². The largest absolute Gasteiger partial charge is 0.223 e. The molecule has 0 fully saturated rings. The molecular formula is C10H8N4S. The Bertz CT molecular complexity index is 499. The molecule has 2 rings (SSSR count). The van der Waals surface area contributed by atoms with E-state index in [1.807, 2.05) is 24.5 Å². The maximum atomic E-state index is 9.10. The van der Waals surface area contributed by atoms with Crippen molar-refractivity contribution in [3.63, 3.8) is 0 Å². The van der Waals surface area contributed by atoms with E-state index in [0.717, 1.165) is 10.6 Å². The van der Waals surface area contributed by atoms with Crippen LogP contribution in [0.5, 0.6) is 0 Å². The SMILES string of the molecule is CSc1cccc(-n2cncn2)c1C#N. The Morgan fingerprint density at radius 2 is 2.33 bits per heavy atom. The highest BCUT2D eigenvalue weighted by molar-refractivity contribution is 7.98. The van der Waals surface area contributed by atoms with Gasteiger partial charge in [0.05, 0.1) is 11.3 Å². The molecule has 74 valence electrons. The highest BCUT2D eigenvalue weighted by Crippen LogP contribution is 2.24. The van der Waals surface area contributed by atoms with Gasteiger partial charge in [-0.3, -0.25) is 0 Å². The average molecular weight is 216 g/mol. The summed E-state index contributed by atoms with van der Waals surface area (Å²) < 4.78 is 1.60. The van der Waals surface area contributed by atoms with Gasteiger partial charge in [0.25, 0.3) is 0 Å². The molecule has 0 unspecified atom stereocenters. The van der Waals surface area contributed by atoms with E-state index in [4.69, 9.17) is 5.26 Å². The van der Waals surface area contributed by atoms with Crippen LogP contribution in [0.2, 0.25) is 0 Å². The summed E-state index contributed by atoms with van der Waals surface area (Å²) in [6, 6.07) is 7.87. The van der Waals surface area contributed by atoms with E-state index in [1.165, 1.54) is 6.33 Å². The Kier molecular flexibility index (Phi) is 2.70. The summed E-state index contributed by atoms with van der Waals surface area (Å²) in [4.78, 5) is 4.81. The van der Waals surface area contributed by atoms with Crippen LogP contribution < -0.4 is 0 Å². The first-order chi connectivity index (χ1) is 7.36. The molecule has 1 aromatic heterocycles. The Balaban J connectivity index is 2.63. The quantitative estimate of drug-likeness (QED) is 0.719. The number of hydrogen-bond acceptors (Lipinski definition) is 4. The van der Waals surface area contributed by atoms with E-state index >= 15 is 0 Å². The zero-order valence-electron chi connectivity index (χ0n) is 8.08. The molecule has 0 saturated carbocycles. The van der Waals surface area contributed by atoms with Gasteiger partial charge in [-0.15, -0.1) is 11.8 Å². The van der Waals surface area contributed by atoms with Crippen LogP contribution in [0.3, 0.4) is 0 Å². The predicted molar refractivity (Wildman–Crippen MR) is 57.9 cm³/mol. The fraction of sp³-hybridized carbons (Fsp3) is 0.100. The van der Waals surface area contributed by atoms with Crippen LogP contribution in [0.4, 0.5) is 0 Å². The van der Waals surface area contributed by atoms with Crippen molar-refractivity contribution in [2.24, 2.45) is 0 Å². The van der Waals surface area contributed by atoms with Crippen molar-refractivity contribution in [1.82, 2.24) is 14.8 Å². The number of rotatable bonds is 2. The molecule has 5 heteroatoms. The van der Waals surface area contributed by atoms with Gasteiger partial charge in [-0.1, -0.05) is 6.07 Å². The first-order valence-corrected chi connectivity index (χ1v) is 5.51. The lowest BCUT2D eigenvalue weighted by molar-refractivity contribution is 0.871. The van der Waals surface area contributed by atoms with Crippen LogP contribution in [-0.4, -0.2) is 21.0 Å². The van der Waals surface area contributed by atoms with Crippen LogP contribution in [0.15, 0.2) is 35.7 Å². The summed E-state index contributed by atoms with van der Waals surface area (Å²) in [5.74, 6) is 0. The van der Waals surface area contributed by atoms with Crippen molar-refractivity contribution >= 4 is 11.8 Å². The van der Waals surface area contributed by atoms with E-state index < -0.39 is 0 Å². The predicted octanol–water partition coefficient (Wildman–Crippen LogP) is 1.86. The zero-order chi connectivity index (χ0) is 10.7.